The Bertz CT molecular complexity index is 902. The van der Waals surface area contributed by atoms with E-state index in [1.54, 1.807) is 0 Å². The van der Waals surface area contributed by atoms with Crippen molar-refractivity contribution in [3.05, 3.63) is 90.5 Å². The molecule has 142 valence electrons. The molecule has 0 atom stereocenters. The van der Waals surface area contributed by atoms with Gasteiger partial charge in [-0.05, 0) is 54.8 Å². The highest BCUT2D eigenvalue weighted by atomic mass is 16.5. The molecule has 3 aromatic carbocycles. The summed E-state index contributed by atoms with van der Waals surface area (Å²) >= 11 is 0. The Morgan fingerprint density at radius 3 is 2.00 bits per heavy atom. The van der Waals surface area contributed by atoms with Crippen molar-refractivity contribution in [3.8, 4) is 11.5 Å². The van der Waals surface area contributed by atoms with Crippen LogP contribution in [0, 0.1) is 0 Å². The second-order valence-corrected chi connectivity index (χ2v) is 6.95. The summed E-state index contributed by atoms with van der Waals surface area (Å²) in [5.74, 6) is 1.52. The molecule has 4 nitrogen and oxygen atoms in total. The van der Waals surface area contributed by atoms with Crippen LogP contribution in [0.1, 0.15) is 18.4 Å². The number of carbonyl (C=O) groups excluding carboxylic acids is 1. The van der Waals surface area contributed by atoms with Crippen LogP contribution in [-0.2, 0) is 14.9 Å². The third-order valence-corrected chi connectivity index (χ3v) is 5.20. The molecule has 0 aromatic heterocycles. The fourth-order valence-corrected chi connectivity index (χ4v) is 3.61. The zero-order chi connectivity index (χ0) is 19.2. The summed E-state index contributed by atoms with van der Waals surface area (Å²) in [6.07, 6.45) is 1.36. The molecular weight excluding hydrogens is 350 g/mol. The molecule has 1 aliphatic heterocycles. The van der Waals surface area contributed by atoms with Crippen molar-refractivity contribution in [2.45, 2.75) is 18.3 Å². The van der Waals surface area contributed by atoms with Crippen molar-refractivity contribution in [2.24, 2.45) is 0 Å². The van der Waals surface area contributed by atoms with Crippen LogP contribution in [0.5, 0.6) is 11.5 Å². The molecule has 3 aromatic rings. The molecule has 0 spiro atoms. The third kappa shape index (κ3) is 3.92. The van der Waals surface area contributed by atoms with Crippen molar-refractivity contribution in [2.75, 3.05) is 18.5 Å². The van der Waals surface area contributed by atoms with Crippen molar-refractivity contribution in [1.29, 1.82) is 0 Å². The Morgan fingerprint density at radius 2 is 1.36 bits per heavy atom. The quantitative estimate of drug-likeness (QED) is 0.671. The van der Waals surface area contributed by atoms with E-state index in [1.165, 1.54) is 0 Å². The number of anilines is 1. The van der Waals surface area contributed by atoms with E-state index >= 15 is 0 Å². The lowest BCUT2D eigenvalue weighted by atomic mass is 9.73. The maximum atomic E-state index is 13.3. The average Bonchev–Trinajstić information content (AvgIpc) is 2.77. The van der Waals surface area contributed by atoms with Gasteiger partial charge in [0.1, 0.15) is 11.5 Å². The van der Waals surface area contributed by atoms with E-state index in [1.807, 2.05) is 84.9 Å². The van der Waals surface area contributed by atoms with Crippen LogP contribution >= 0.6 is 0 Å². The number of benzene rings is 3. The topological polar surface area (TPSA) is 47.6 Å². The van der Waals surface area contributed by atoms with Crippen LogP contribution in [0.25, 0.3) is 0 Å². The molecule has 0 unspecified atom stereocenters. The summed E-state index contributed by atoms with van der Waals surface area (Å²) < 4.78 is 11.3. The largest absolute Gasteiger partial charge is 0.457 e. The number of hydrogen-bond acceptors (Lipinski definition) is 3. The Balaban J connectivity index is 1.50. The van der Waals surface area contributed by atoms with Crippen LogP contribution in [0.3, 0.4) is 0 Å². The van der Waals surface area contributed by atoms with E-state index in [2.05, 4.69) is 5.32 Å². The SMILES string of the molecule is O=C(Nc1ccc(Oc2ccccc2)cc1)C1(c2ccccc2)CCOCC1. The van der Waals surface area contributed by atoms with E-state index in [4.69, 9.17) is 9.47 Å². The summed E-state index contributed by atoms with van der Waals surface area (Å²) in [4.78, 5) is 13.3. The fraction of sp³-hybridized carbons (Fsp3) is 0.208. The molecule has 1 N–H and O–H groups in total. The van der Waals surface area contributed by atoms with Gasteiger partial charge in [-0.2, -0.15) is 0 Å². The first kappa shape index (κ1) is 18.3. The maximum Gasteiger partial charge on any atom is 0.235 e. The van der Waals surface area contributed by atoms with Gasteiger partial charge < -0.3 is 14.8 Å². The number of para-hydroxylation sites is 1. The van der Waals surface area contributed by atoms with Gasteiger partial charge in [0.2, 0.25) is 5.91 Å². The third-order valence-electron chi connectivity index (χ3n) is 5.20. The summed E-state index contributed by atoms with van der Waals surface area (Å²) in [6.45, 7) is 1.18. The second kappa shape index (κ2) is 8.28. The standard InChI is InChI=1S/C24H23NO3/c26-23(24(15-17-27-18-16-24)19-7-3-1-4-8-19)25-20-11-13-22(14-12-20)28-21-9-5-2-6-10-21/h1-14H,15-18H2,(H,25,26). The molecule has 1 saturated heterocycles. The molecule has 4 rings (SSSR count). The number of ether oxygens (including phenoxy) is 2. The van der Waals surface area contributed by atoms with Gasteiger partial charge in [-0.1, -0.05) is 48.5 Å². The van der Waals surface area contributed by atoms with Gasteiger partial charge >= 0.3 is 0 Å². The number of hydrogen-bond donors (Lipinski definition) is 1. The predicted octanol–water partition coefficient (Wildman–Crippen LogP) is 5.17. The number of carbonyl (C=O) groups is 1. The summed E-state index contributed by atoms with van der Waals surface area (Å²) in [6, 6.07) is 27.1. The summed E-state index contributed by atoms with van der Waals surface area (Å²) in [5.41, 5.74) is 1.24. The van der Waals surface area contributed by atoms with Crippen LogP contribution in [0.2, 0.25) is 0 Å². The molecule has 1 fully saturated rings. The lowest BCUT2D eigenvalue weighted by molar-refractivity contribution is -0.125. The van der Waals surface area contributed by atoms with Crippen molar-refractivity contribution in [1.82, 2.24) is 0 Å². The van der Waals surface area contributed by atoms with Gasteiger partial charge in [-0.3, -0.25) is 4.79 Å². The average molecular weight is 373 g/mol. The van der Waals surface area contributed by atoms with E-state index < -0.39 is 5.41 Å². The van der Waals surface area contributed by atoms with E-state index in [0.717, 1.165) is 22.7 Å². The Kier molecular flexibility index (Phi) is 5.40. The van der Waals surface area contributed by atoms with Crippen LogP contribution < -0.4 is 10.1 Å². The van der Waals surface area contributed by atoms with Crippen LogP contribution in [0.15, 0.2) is 84.9 Å². The van der Waals surface area contributed by atoms with Gasteiger partial charge in [0.05, 0.1) is 5.41 Å². The highest BCUT2D eigenvalue weighted by Crippen LogP contribution is 2.36. The van der Waals surface area contributed by atoms with Gasteiger partial charge in [0.15, 0.2) is 0 Å². The van der Waals surface area contributed by atoms with Crippen molar-refractivity contribution >= 4 is 11.6 Å². The zero-order valence-corrected chi connectivity index (χ0v) is 15.6. The van der Waals surface area contributed by atoms with Gasteiger partial charge in [-0.15, -0.1) is 0 Å². The monoisotopic (exact) mass is 373 g/mol. The van der Waals surface area contributed by atoms with E-state index in [9.17, 15) is 4.79 Å². The highest BCUT2D eigenvalue weighted by Gasteiger charge is 2.41. The number of rotatable bonds is 5. The van der Waals surface area contributed by atoms with Gasteiger partial charge in [-0.25, -0.2) is 0 Å². The molecule has 0 aliphatic carbocycles. The minimum atomic E-state index is -0.557. The normalized spacial score (nSPS) is 15.6. The fourth-order valence-electron chi connectivity index (χ4n) is 3.61. The number of amides is 1. The minimum absolute atomic E-state index is 0.0127. The van der Waals surface area contributed by atoms with Crippen molar-refractivity contribution in [3.63, 3.8) is 0 Å². The lowest BCUT2D eigenvalue weighted by Crippen LogP contribution is -2.44. The molecular formula is C24H23NO3. The van der Waals surface area contributed by atoms with E-state index in [-0.39, 0.29) is 5.91 Å². The lowest BCUT2D eigenvalue weighted by Gasteiger charge is -2.36. The molecule has 1 amide bonds. The zero-order valence-electron chi connectivity index (χ0n) is 15.6. The highest BCUT2D eigenvalue weighted by molar-refractivity contribution is 5.99. The van der Waals surface area contributed by atoms with Crippen molar-refractivity contribution < 1.29 is 14.3 Å². The molecule has 0 saturated carbocycles. The Morgan fingerprint density at radius 1 is 0.786 bits per heavy atom. The van der Waals surface area contributed by atoms with E-state index in [0.29, 0.717) is 26.1 Å². The molecule has 28 heavy (non-hydrogen) atoms. The molecule has 0 bridgehead atoms. The van der Waals surface area contributed by atoms with Crippen LogP contribution in [0.4, 0.5) is 5.69 Å². The first-order valence-electron chi connectivity index (χ1n) is 9.54. The smallest absolute Gasteiger partial charge is 0.235 e. The predicted molar refractivity (Wildman–Crippen MR) is 110 cm³/mol. The second-order valence-electron chi connectivity index (χ2n) is 6.95. The summed E-state index contributed by atoms with van der Waals surface area (Å²) in [5, 5.41) is 3.09. The van der Waals surface area contributed by atoms with Gasteiger partial charge in [0.25, 0.3) is 0 Å². The first-order chi connectivity index (χ1) is 13.8. The molecule has 1 heterocycles. The molecule has 0 radical (unpaired) electrons. The molecule has 1 aliphatic rings. The summed E-state index contributed by atoms with van der Waals surface area (Å²) in [7, 11) is 0. The minimum Gasteiger partial charge on any atom is -0.457 e. The Labute approximate surface area is 165 Å². The van der Waals surface area contributed by atoms with Crippen LogP contribution in [-0.4, -0.2) is 19.1 Å². The number of nitrogens with one attached hydrogen (secondary N) is 1. The maximum absolute atomic E-state index is 13.3. The Hall–Kier alpha value is -3.11. The first-order valence-corrected chi connectivity index (χ1v) is 9.54. The molecule has 4 heteroatoms. The van der Waals surface area contributed by atoms with Gasteiger partial charge in [0, 0.05) is 18.9 Å².